The monoisotopic (exact) mass is 533 g/mol. The molecule has 0 radical (unpaired) electrons. The molecule has 4 heterocycles. The molecule has 4 aromatic rings. The first-order valence-corrected chi connectivity index (χ1v) is 13.0. The lowest BCUT2D eigenvalue weighted by atomic mass is 9.77. The summed E-state index contributed by atoms with van der Waals surface area (Å²) >= 11 is 0. The van der Waals surface area contributed by atoms with Gasteiger partial charge >= 0.3 is 11.9 Å². The Kier molecular flexibility index (Phi) is 6.34. The third-order valence-corrected chi connectivity index (χ3v) is 7.79. The smallest absolute Gasteiger partial charge is 0.420 e. The molecule has 0 saturated carbocycles. The van der Waals surface area contributed by atoms with Crippen molar-refractivity contribution >= 4 is 22.9 Å². The van der Waals surface area contributed by atoms with Gasteiger partial charge in [0, 0.05) is 41.7 Å². The van der Waals surface area contributed by atoms with Gasteiger partial charge in [-0.1, -0.05) is 23.4 Å². The van der Waals surface area contributed by atoms with Gasteiger partial charge in [0.25, 0.3) is 6.29 Å². The van der Waals surface area contributed by atoms with Gasteiger partial charge in [-0.15, -0.1) is 0 Å². The molecule has 10 heteroatoms. The Labute approximate surface area is 223 Å². The summed E-state index contributed by atoms with van der Waals surface area (Å²) in [6, 6.07) is 14.1. The first-order valence-electron chi connectivity index (χ1n) is 13.0. The molecule has 9 nitrogen and oxygen atoms in total. The number of para-hydroxylation sites is 1. The maximum absolute atomic E-state index is 13.9. The van der Waals surface area contributed by atoms with Crippen LogP contribution in [0.2, 0.25) is 0 Å². The number of esters is 1. The third kappa shape index (κ3) is 4.54. The van der Waals surface area contributed by atoms with Gasteiger partial charge < -0.3 is 28.6 Å². The lowest BCUT2D eigenvalue weighted by Gasteiger charge is -2.40. The van der Waals surface area contributed by atoms with Gasteiger partial charge in [0.15, 0.2) is 5.58 Å². The highest BCUT2D eigenvalue weighted by Crippen LogP contribution is 2.46. The summed E-state index contributed by atoms with van der Waals surface area (Å²) in [6.45, 7) is 6.27. The lowest BCUT2D eigenvalue weighted by Crippen LogP contribution is -2.42. The van der Waals surface area contributed by atoms with Crippen LogP contribution in [0.3, 0.4) is 0 Å². The van der Waals surface area contributed by atoms with E-state index in [-0.39, 0.29) is 11.8 Å². The van der Waals surface area contributed by atoms with Crippen LogP contribution >= 0.6 is 0 Å². The van der Waals surface area contributed by atoms with Crippen molar-refractivity contribution in [3.8, 4) is 5.75 Å². The summed E-state index contributed by atoms with van der Waals surface area (Å²) < 4.78 is 33.0. The number of aliphatic carboxylic acids is 1. The summed E-state index contributed by atoms with van der Waals surface area (Å²) in [5.41, 5.74) is 3.47. The van der Waals surface area contributed by atoms with Crippen LogP contribution in [0, 0.1) is 5.82 Å². The van der Waals surface area contributed by atoms with Crippen molar-refractivity contribution in [3.63, 3.8) is 0 Å². The van der Waals surface area contributed by atoms with E-state index in [0.29, 0.717) is 36.2 Å². The fourth-order valence-electron chi connectivity index (χ4n) is 5.85. The second-order valence-electron chi connectivity index (χ2n) is 10.4. The molecule has 2 aromatic heterocycles. The van der Waals surface area contributed by atoms with E-state index in [4.69, 9.17) is 14.0 Å². The van der Waals surface area contributed by atoms with E-state index in [9.17, 15) is 19.1 Å². The minimum Gasteiger partial charge on any atom is -0.473 e. The summed E-state index contributed by atoms with van der Waals surface area (Å²) in [7, 11) is 0. The van der Waals surface area contributed by atoms with Crippen LogP contribution in [0.5, 0.6) is 5.75 Å². The van der Waals surface area contributed by atoms with Gasteiger partial charge in [0.2, 0.25) is 0 Å². The largest absolute Gasteiger partial charge is 0.473 e. The Hall–Kier alpha value is -4.18. The summed E-state index contributed by atoms with van der Waals surface area (Å²) in [6.07, 6.45) is 1.43. The van der Waals surface area contributed by atoms with Crippen LogP contribution in [0.1, 0.15) is 60.9 Å². The fraction of sp³-hybridized carbons (Fsp3) is 0.345. The van der Waals surface area contributed by atoms with Gasteiger partial charge in [-0.05, 0) is 62.6 Å². The molecule has 2 aliphatic heterocycles. The number of benzene rings is 2. The Balaban J connectivity index is 1.46. The Morgan fingerprint density at radius 3 is 2.77 bits per heavy atom. The van der Waals surface area contributed by atoms with Gasteiger partial charge in [0.1, 0.15) is 17.3 Å². The molecule has 1 saturated heterocycles. The number of rotatable bonds is 4. The van der Waals surface area contributed by atoms with Crippen molar-refractivity contribution in [1.82, 2.24) is 14.6 Å². The van der Waals surface area contributed by atoms with Crippen molar-refractivity contribution in [2.45, 2.75) is 51.0 Å². The molecule has 2 aliphatic rings. The number of carbonyl (C=O) groups excluding carboxylic acids is 1. The van der Waals surface area contributed by atoms with Crippen LogP contribution < -0.4 is 4.74 Å². The molecule has 1 fully saturated rings. The zero-order valence-corrected chi connectivity index (χ0v) is 21.5. The second kappa shape index (κ2) is 9.85. The van der Waals surface area contributed by atoms with Crippen molar-refractivity contribution in [3.05, 3.63) is 83.1 Å². The molecule has 3 atom stereocenters. The average molecular weight is 534 g/mol. The number of carbonyl (C=O) groups is 2. The first kappa shape index (κ1) is 25.1. The number of carboxylic acids is 1. The number of piperidine rings is 1. The zero-order valence-electron chi connectivity index (χ0n) is 21.5. The van der Waals surface area contributed by atoms with Crippen LogP contribution in [0.25, 0.3) is 11.0 Å². The molecule has 202 valence electrons. The van der Waals surface area contributed by atoms with Gasteiger partial charge in [-0.25, -0.2) is 14.0 Å². The molecule has 0 spiro atoms. The van der Waals surface area contributed by atoms with E-state index in [1.54, 1.807) is 12.1 Å². The highest BCUT2D eigenvalue weighted by atomic mass is 19.1. The predicted octanol–water partition coefficient (Wildman–Crippen LogP) is 4.82. The number of carboxylic acid groups (broad SMARTS) is 1. The number of hydrogen-bond acceptors (Lipinski definition) is 7. The predicted molar refractivity (Wildman–Crippen MR) is 138 cm³/mol. The van der Waals surface area contributed by atoms with Crippen molar-refractivity contribution in [2.24, 2.45) is 0 Å². The number of hydrogen-bond donors (Lipinski definition) is 1. The van der Waals surface area contributed by atoms with Crippen LogP contribution in [0.4, 0.5) is 4.39 Å². The first-order chi connectivity index (χ1) is 18.8. The van der Waals surface area contributed by atoms with E-state index >= 15 is 0 Å². The van der Waals surface area contributed by atoms with Crippen LogP contribution in [-0.4, -0.2) is 50.8 Å². The van der Waals surface area contributed by atoms with E-state index in [2.05, 4.69) is 23.9 Å². The Bertz CT molecular complexity index is 1560. The fourth-order valence-corrected chi connectivity index (χ4v) is 5.85. The molecule has 3 unspecified atom stereocenters. The topological polar surface area (TPSA) is 107 Å². The molecule has 0 bridgehead atoms. The minimum atomic E-state index is -1.69. The van der Waals surface area contributed by atoms with E-state index in [0.717, 1.165) is 35.2 Å². The molecular weight excluding hydrogens is 505 g/mol. The number of halogens is 1. The summed E-state index contributed by atoms with van der Waals surface area (Å²) in [4.78, 5) is 26.0. The highest BCUT2D eigenvalue weighted by Gasteiger charge is 2.40. The van der Waals surface area contributed by atoms with Crippen LogP contribution in [0.15, 0.2) is 59.3 Å². The minimum absolute atomic E-state index is 0.0783. The van der Waals surface area contributed by atoms with Gasteiger partial charge in [0.05, 0.1) is 12.2 Å². The van der Waals surface area contributed by atoms with Crippen molar-refractivity contribution in [2.75, 3.05) is 13.1 Å². The van der Waals surface area contributed by atoms with Crippen molar-refractivity contribution in [1.29, 1.82) is 0 Å². The van der Waals surface area contributed by atoms with Crippen LogP contribution in [-0.2, 0) is 20.9 Å². The molecular formula is C29H28FN3O6. The molecule has 0 aliphatic carbocycles. The van der Waals surface area contributed by atoms with Gasteiger partial charge in [-0.3, -0.25) is 0 Å². The van der Waals surface area contributed by atoms with E-state index < -0.39 is 24.0 Å². The third-order valence-electron chi connectivity index (χ3n) is 7.79. The number of fused-ring (bicyclic) bond motifs is 3. The number of nitrogens with zero attached hydrogens (tertiary/aromatic N) is 3. The SMILES string of the molecule is CC(C)N1CCC(c2ccn3c2C(OC(=O)C(=O)O)Oc2ccccc2C3)C(c2noc3cc(F)ccc23)C1. The number of aromatic nitrogens is 2. The average Bonchev–Trinajstić information content (AvgIpc) is 3.48. The maximum Gasteiger partial charge on any atom is 0.420 e. The normalized spacial score (nSPS) is 21.2. The van der Waals surface area contributed by atoms with Gasteiger partial charge in [-0.2, -0.15) is 0 Å². The molecule has 2 aromatic carbocycles. The Morgan fingerprint density at radius 2 is 1.97 bits per heavy atom. The Morgan fingerprint density at radius 1 is 1.15 bits per heavy atom. The number of ether oxygens (including phenoxy) is 2. The van der Waals surface area contributed by atoms with E-state index in [1.807, 2.05) is 35.0 Å². The molecule has 39 heavy (non-hydrogen) atoms. The molecule has 1 N–H and O–H groups in total. The second-order valence-corrected chi connectivity index (χ2v) is 10.4. The lowest BCUT2D eigenvalue weighted by molar-refractivity contribution is -0.178. The zero-order chi connectivity index (χ0) is 27.3. The standard InChI is InChI=1S/C29H28FN3O6/c1-16(2)32-11-9-19(22(15-32)25-21-8-7-18(30)13-24(21)39-31-25)20-10-12-33-14-17-5-3-4-6-23(17)37-29(26(20)33)38-28(36)27(34)35/h3-8,10,12-13,16,19,22,29H,9,11,14-15H2,1-2H3,(H,34,35). The molecule has 6 rings (SSSR count). The quantitative estimate of drug-likeness (QED) is 0.294. The highest BCUT2D eigenvalue weighted by molar-refractivity contribution is 6.28. The van der Waals surface area contributed by atoms with E-state index in [1.165, 1.54) is 12.1 Å². The summed E-state index contributed by atoms with van der Waals surface area (Å²) in [5, 5.41) is 14.4. The maximum atomic E-state index is 13.9. The summed E-state index contributed by atoms with van der Waals surface area (Å²) in [5.74, 6) is -3.17. The van der Waals surface area contributed by atoms with Crippen molar-refractivity contribution < 1.29 is 33.1 Å². The number of likely N-dealkylation sites (tertiary alicyclic amines) is 1. The molecule has 0 amide bonds.